The summed E-state index contributed by atoms with van der Waals surface area (Å²) in [6.07, 6.45) is 5.86. The zero-order valence-corrected chi connectivity index (χ0v) is 15.4. The lowest BCUT2D eigenvalue weighted by molar-refractivity contribution is -0.132. The molecule has 4 rings (SSSR count). The Morgan fingerprint density at radius 2 is 2.26 bits per heavy atom. The molecule has 27 heavy (non-hydrogen) atoms. The summed E-state index contributed by atoms with van der Waals surface area (Å²) in [6.45, 7) is 3.94. The van der Waals surface area contributed by atoms with E-state index in [9.17, 15) is 9.59 Å². The summed E-state index contributed by atoms with van der Waals surface area (Å²) in [4.78, 5) is 34.0. The molecule has 1 atom stereocenters. The fourth-order valence-corrected chi connectivity index (χ4v) is 3.75. The number of piperidine rings is 1. The molecule has 0 saturated carbocycles. The first-order valence-electron chi connectivity index (χ1n) is 9.36. The van der Waals surface area contributed by atoms with Crippen LogP contribution in [-0.2, 0) is 11.3 Å². The molecular formula is C20H23N5O2. The van der Waals surface area contributed by atoms with Crippen molar-refractivity contribution in [1.29, 1.82) is 0 Å². The van der Waals surface area contributed by atoms with Gasteiger partial charge in [0.2, 0.25) is 5.91 Å². The molecule has 0 bridgehead atoms. The van der Waals surface area contributed by atoms with Crippen LogP contribution in [0.1, 0.15) is 36.6 Å². The van der Waals surface area contributed by atoms with E-state index in [4.69, 9.17) is 0 Å². The number of carbonyl (C=O) groups excluding carboxylic acids is 1. The predicted molar refractivity (Wildman–Crippen MR) is 102 cm³/mol. The maximum absolute atomic E-state index is 12.6. The number of aryl methyl sites for hydroxylation is 2. The Morgan fingerprint density at radius 1 is 1.37 bits per heavy atom. The Bertz CT molecular complexity index is 1020. The van der Waals surface area contributed by atoms with Crippen LogP contribution in [0.25, 0.3) is 10.9 Å². The highest BCUT2D eigenvalue weighted by molar-refractivity contribution is 5.78. The lowest BCUT2D eigenvalue weighted by Gasteiger charge is -2.33. The molecule has 1 fully saturated rings. The lowest BCUT2D eigenvalue weighted by Crippen LogP contribution is -2.40. The van der Waals surface area contributed by atoms with Gasteiger partial charge in [-0.05, 0) is 38.0 Å². The molecule has 0 spiro atoms. The fourth-order valence-electron chi connectivity index (χ4n) is 3.75. The Kier molecular flexibility index (Phi) is 4.75. The number of nitrogens with zero attached hydrogens (tertiary/aromatic N) is 4. The molecule has 1 aliphatic heterocycles. The van der Waals surface area contributed by atoms with Crippen LogP contribution < -0.4 is 5.56 Å². The van der Waals surface area contributed by atoms with Crippen molar-refractivity contribution in [3.8, 4) is 0 Å². The summed E-state index contributed by atoms with van der Waals surface area (Å²) in [7, 11) is 0. The highest BCUT2D eigenvalue weighted by Gasteiger charge is 2.25. The molecule has 1 saturated heterocycles. The van der Waals surface area contributed by atoms with E-state index in [0.717, 1.165) is 36.2 Å². The van der Waals surface area contributed by atoms with Crippen molar-refractivity contribution < 1.29 is 4.79 Å². The molecule has 7 nitrogen and oxygen atoms in total. The SMILES string of the molecule is Cc1ccn(CCC(=O)N2CCCC(c3cc4cccnc4c(=O)[nH]3)C2)n1. The summed E-state index contributed by atoms with van der Waals surface area (Å²) >= 11 is 0. The zero-order valence-electron chi connectivity index (χ0n) is 15.4. The number of aromatic amines is 1. The second-order valence-electron chi connectivity index (χ2n) is 7.14. The molecule has 1 unspecified atom stereocenters. The molecule has 140 valence electrons. The van der Waals surface area contributed by atoms with Crippen LogP contribution in [0, 0.1) is 6.92 Å². The molecule has 1 N–H and O–H groups in total. The summed E-state index contributed by atoms with van der Waals surface area (Å²) in [6, 6.07) is 7.67. The Balaban J connectivity index is 1.46. The van der Waals surface area contributed by atoms with Crippen LogP contribution in [0.2, 0.25) is 0 Å². The Labute approximate surface area is 157 Å². The van der Waals surface area contributed by atoms with Gasteiger partial charge in [-0.25, -0.2) is 0 Å². The third kappa shape index (κ3) is 3.77. The van der Waals surface area contributed by atoms with Crippen molar-refractivity contribution in [2.24, 2.45) is 0 Å². The molecule has 7 heteroatoms. The maximum atomic E-state index is 12.6. The van der Waals surface area contributed by atoms with Crippen molar-refractivity contribution in [1.82, 2.24) is 24.6 Å². The van der Waals surface area contributed by atoms with Gasteiger partial charge in [0.1, 0.15) is 5.52 Å². The average Bonchev–Trinajstić information content (AvgIpc) is 3.11. The number of aromatic nitrogens is 4. The van der Waals surface area contributed by atoms with Gasteiger partial charge in [-0.2, -0.15) is 5.10 Å². The quantitative estimate of drug-likeness (QED) is 0.768. The van der Waals surface area contributed by atoms with E-state index in [1.54, 1.807) is 6.20 Å². The van der Waals surface area contributed by atoms with E-state index >= 15 is 0 Å². The molecule has 1 amide bonds. The summed E-state index contributed by atoms with van der Waals surface area (Å²) in [5, 5.41) is 5.17. The smallest absolute Gasteiger partial charge is 0.274 e. The predicted octanol–water partition coefficient (Wildman–Crippen LogP) is 2.22. The molecule has 3 aromatic heterocycles. The highest BCUT2D eigenvalue weighted by Crippen LogP contribution is 2.26. The van der Waals surface area contributed by atoms with E-state index < -0.39 is 0 Å². The molecule has 1 aliphatic rings. The van der Waals surface area contributed by atoms with E-state index in [-0.39, 0.29) is 17.4 Å². The van der Waals surface area contributed by atoms with Gasteiger partial charge < -0.3 is 9.88 Å². The number of likely N-dealkylation sites (tertiary alicyclic amines) is 1. The van der Waals surface area contributed by atoms with Gasteiger partial charge in [-0.1, -0.05) is 6.07 Å². The van der Waals surface area contributed by atoms with Gasteiger partial charge in [-0.15, -0.1) is 0 Å². The van der Waals surface area contributed by atoms with Crippen LogP contribution in [0.5, 0.6) is 0 Å². The third-order valence-electron chi connectivity index (χ3n) is 5.17. The number of nitrogens with one attached hydrogen (secondary N) is 1. The standard InChI is InChI=1S/C20H23N5O2/c1-14-6-10-25(23-14)11-7-18(26)24-9-3-5-16(13-24)17-12-15-4-2-8-21-19(15)20(27)22-17/h2,4,6,8,10,12,16H,3,5,7,9,11,13H2,1H3,(H,22,27). The van der Waals surface area contributed by atoms with Crippen molar-refractivity contribution in [2.75, 3.05) is 13.1 Å². The van der Waals surface area contributed by atoms with E-state index in [1.807, 2.05) is 47.0 Å². The van der Waals surface area contributed by atoms with E-state index in [2.05, 4.69) is 15.1 Å². The van der Waals surface area contributed by atoms with Crippen LogP contribution in [0.3, 0.4) is 0 Å². The highest BCUT2D eigenvalue weighted by atomic mass is 16.2. The van der Waals surface area contributed by atoms with Gasteiger partial charge in [0.05, 0.1) is 5.69 Å². The fraction of sp³-hybridized carbons (Fsp3) is 0.400. The second kappa shape index (κ2) is 7.34. The molecule has 3 aromatic rings. The van der Waals surface area contributed by atoms with Crippen molar-refractivity contribution in [3.05, 3.63) is 58.4 Å². The first-order valence-corrected chi connectivity index (χ1v) is 9.36. The molecule has 4 heterocycles. The zero-order chi connectivity index (χ0) is 18.8. The van der Waals surface area contributed by atoms with Gasteiger partial charge in [-0.3, -0.25) is 19.3 Å². The van der Waals surface area contributed by atoms with Crippen LogP contribution in [0.4, 0.5) is 0 Å². The van der Waals surface area contributed by atoms with Crippen molar-refractivity contribution >= 4 is 16.8 Å². The van der Waals surface area contributed by atoms with Gasteiger partial charge >= 0.3 is 0 Å². The number of hydrogen-bond acceptors (Lipinski definition) is 4. The topological polar surface area (TPSA) is 83.9 Å². The Hall–Kier alpha value is -2.96. The summed E-state index contributed by atoms with van der Waals surface area (Å²) in [5.74, 6) is 0.282. The van der Waals surface area contributed by atoms with Crippen molar-refractivity contribution in [3.63, 3.8) is 0 Å². The van der Waals surface area contributed by atoms with E-state index in [0.29, 0.717) is 25.0 Å². The van der Waals surface area contributed by atoms with Crippen LogP contribution >= 0.6 is 0 Å². The number of rotatable bonds is 4. The minimum atomic E-state index is -0.166. The van der Waals surface area contributed by atoms with Gasteiger partial charge in [0.15, 0.2) is 0 Å². The monoisotopic (exact) mass is 365 g/mol. The van der Waals surface area contributed by atoms with Crippen molar-refractivity contribution in [2.45, 2.75) is 38.6 Å². The first kappa shape index (κ1) is 17.5. The minimum Gasteiger partial charge on any atom is -0.342 e. The first-order chi connectivity index (χ1) is 13.1. The second-order valence-corrected chi connectivity index (χ2v) is 7.14. The number of hydrogen-bond donors (Lipinski definition) is 1. The summed E-state index contributed by atoms with van der Waals surface area (Å²) < 4.78 is 1.81. The number of H-pyrrole nitrogens is 1. The van der Waals surface area contributed by atoms with Gasteiger partial charge in [0.25, 0.3) is 5.56 Å². The maximum Gasteiger partial charge on any atom is 0.274 e. The van der Waals surface area contributed by atoms with Crippen LogP contribution in [0.15, 0.2) is 41.5 Å². The third-order valence-corrected chi connectivity index (χ3v) is 5.17. The van der Waals surface area contributed by atoms with E-state index in [1.165, 1.54) is 0 Å². The summed E-state index contributed by atoms with van der Waals surface area (Å²) in [5.41, 5.74) is 2.14. The normalized spacial score (nSPS) is 17.4. The largest absolute Gasteiger partial charge is 0.342 e. The minimum absolute atomic E-state index is 0.137. The number of pyridine rings is 2. The lowest BCUT2D eigenvalue weighted by atomic mass is 9.93. The number of fused-ring (bicyclic) bond motifs is 1. The molecule has 0 aromatic carbocycles. The molecule has 0 radical (unpaired) electrons. The average molecular weight is 365 g/mol. The number of carbonyl (C=O) groups is 1. The molecular weight excluding hydrogens is 342 g/mol. The Morgan fingerprint density at radius 3 is 3.07 bits per heavy atom. The molecule has 0 aliphatic carbocycles. The number of amides is 1. The van der Waals surface area contributed by atoms with Crippen LogP contribution in [-0.4, -0.2) is 43.6 Å². The van der Waals surface area contributed by atoms with Gasteiger partial charge in [0, 0.05) is 55.4 Å².